The van der Waals surface area contributed by atoms with Crippen molar-refractivity contribution >= 4 is 0 Å². The summed E-state index contributed by atoms with van der Waals surface area (Å²) in [5.41, 5.74) is 0. The van der Waals surface area contributed by atoms with E-state index in [0.29, 0.717) is 0 Å². The molecule has 0 spiro atoms. The lowest BCUT2D eigenvalue weighted by Gasteiger charge is -2.34. The van der Waals surface area contributed by atoms with E-state index < -0.39 is 0 Å². The summed E-state index contributed by atoms with van der Waals surface area (Å²) in [7, 11) is 0. The molecule has 1 heterocycles. The van der Waals surface area contributed by atoms with Crippen LogP contribution in [0, 0.1) is 0 Å². The Hall–Kier alpha value is -0.190. The van der Waals surface area contributed by atoms with Crippen LogP contribution in [-0.4, -0.2) is 55.7 Å². The molecule has 0 N–H and O–H groups in total. The highest BCUT2D eigenvalue weighted by Crippen LogP contribution is 2.03. The third kappa shape index (κ3) is 4.35. The molecule has 1 rings (SSSR count). The highest BCUT2D eigenvalue weighted by atomic mass is 19.3. The van der Waals surface area contributed by atoms with Gasteiger partial charge in [0, 0.05) is 32.7 Å². The predicted octanol–water partition coefficient (Wildman–Crippen LogP) is 1.31. The molecule has 0 unspecified atom stereocenters. The van der Waals surface area contributed by atoms with Crippen molar-refractivity contribution in [3.05, 3.63) is 0 Å². The van der Waals surface area contributed by atoms with Crippen LogP contribution in [0.2, 0.25) is 0 Å². The lowest BCUT2D eigenvalue weighted by molar-refractivity contribution is -0.137. The minimum atomic E-state index is 0.203. The molecular weight excluding hydrogens is 183 g/mol. The van der Waals surface area contributed by atoms with Crippen molar-refractivity contribution < 1.29 is 9.47 Å². The minimum Gasteiger partial charge on any atom is -0.301 e. The molecule has 0 aromatic heterocycles. The first-order valence-corrected chi connectivity index (χ1v) is 5.55. The van der Waals surface area contributed by atoms with Crippen molar-refractivity contribution in [2.24, 2.45) is 0 Å². The molecule has 4 heteroatoms. The molecule has 3 nitrogen and oxygen atoms in total. The second-order valence-corrected chi connectivity index (χ2v) is 3.85. The molecule has 84 valence electrons. The third-order valence-electron chi connectivity index (χ3n) is 2.78. The van der Waals surface area contributed by atoms with Gasteiger partial charge in [-0.25, -0.2) is 0 Å². The first-order valence-electron chi connectivity index (χ1n) is 5.55. The first kappa shape index (κ1) is 11.9. The quantitative estimate of drug-likeness (QED) is 0.648. The molecule has 0 amide bonds. The number of piperazine rings is 1. The molecule has 0 saturated carbocycles. The lowest BCUT2D eigenvalue weighted by Crippen LogP contribution is -2.47. The summed E-state index contributed by atoms with van der Waals surface area (Å²) in [5.74, 6) is 0. The van der Waals surface area contributed by atoms with Crippen LogP contribution >= 0.6 is 0 Å². The minimum absolute atomic E-state index is 0.203. The summed E-state index contributed by atoms with van der Waals surface area (Å²) in [4.78, 5) is 8.32. The van der Waals surface area contributed by atoms with Gasteiger partial charge < -0.3 is 4.90 Å². The van der Waals surface area contributed by atoms with Crippen LogP contribution in [0.4, 0.5) is 4.53 Å². The molecule has 0 aromatic rings. The van der Waals surface area contributed by atoms with Crippen LogP contribution in [0.15, 0.2) is 0 Å². The fourth-order valence-corrected chi connectivity index (χ4v) is 1.78. The molecule has 1 aliphatic heterocycles. The highest BCUT2D eigenvalue weighted by molar-refractivity contribution is 4.71. The number of unbranched alkanes of at least 4 members (excludes halogenated alkanes) is 1. The van der Waals surface area contributed by atoms with E-state index in [9.17, 15) is 4.53 Å². The average molecular weight is 204 g/mol. The van der Waals surface area contributed by atoms with Gasteiger partial charge >= 0.3 is 0 Å². The smallest absolute Gasteiger partial charge is 0.100 e. The number of halogens is 1. The Morgan fingerprint density at radius 3 is 2.14 bits per heavy atom. The van der Waals surface area contributed by atoms with Gasteiger partial charge in [0.05, 0.1) is 0 Å². The maximum atomic E-state index is 11.5. The van der Waals surface area contributed by atoms with E-state index >= 15 is 0 Å². The van der Waals surface area contributed by atoms with Gasteiger partial charge in [-0.3, -0.25) is 4.90 Å². The van der Waals surface area contributed by atoms with Gasteiger partial charge in [0.15, 0.2) is 0 Å². The third-order valence-corrected chi connectivity index (χ3v) is 2.78. The fourth-order valence-electron chi connectivity index (χ4n) is 1.78. The van der Waals surface area contributed by atoms with Gasteiger partial charge in [-0.2, -0.15) is 4.94 Å². The van der Waals surface area contributed by atoms with Crippen molar-refractivity contribution in [3.8, 4) is 0 Å². The summed E-state index contributed by atoms with van der Waals surface area (Å²) in [5, 5.41) is 0. The lowest BCUT2D eigenvalue weighted by atomic mass is 10.2. The Kier molecular flexibility index (Phi) is 6.07. The van der Waals surface area contributed by atoms with Crippen molar-refractivity contribution in [2.45, 2.75) is 19.8 Å². The normalized spacial score (nSPS) is 20.1. The Labute approximate surface area is 85.7 Å². The van der Waals surface area contributed by atoms with Gasteiger partial charge in [-0.15, -0.1) is 0 Å². The maximum Gasteiger partial charge on any atom is 0.100 e. The summed E-state index contributed by atoms with van der Waals surface area (Å²) >= 11 is 0. The van der Waals surface area contributed by atoms with Gasteiger partial charge in [-0.05, 0) is 17.5 Å². The first-order chi connectivity index (χ1) is 6.86. The molecule has 0 bridgehead atoms. The van der Waals surface area contributed by atoms with E-state index in [0.717, 1.165) is 32.7 Å². The molecule has 14 heavy (non-hydrogen) atoms. The summed E-state index contributed by atoms with van der Waals surface area (Å²) < 4.78 is 11.5. The summed E-state index contributed by atoms with van der Waals surface area (Å²) in [6.07, 6.45) is 2.55. The Morgan fingerprint density at radius 1 is 1.07 bits per heavy atom. The van der Waals surface area contributed by atoms with Crippen molar-refractivity contribution in [1.29, 1.82) is 0 Å². The molecular formula is C10H21FN2O. The van der Waals surface area contributed by atoms with Gasteiger partial charge in [0.1, 0.15) is 6.61 Å². The topological polar surface area (TPSA) is 15.7 Å². The number of rotatable bonds is 6. The maximum absolute atomic E-state index is 11.5. The molecule has 0 aromatic carbocycles. The largest absolute Gasteiger partial charge is 0.301 e. The van der Waals surface area contributed by atoms with Crippen molar-refractivity contribution in [3.63, 3.8) is 0 Å². The van der Waals surface area contributed by atoms with Gasteiger partial charge in [-0.1, -0.05) is 13.3 Å². The molecule has 1 aliphatic rings. The van der Waals surface area contributed by atoms with E-state index in [2.05, 4.69) is 21.7 Å². The number of nitrogens with zero attached hydrogens (tertiary/aromatic N) is 2. The number of hydrogen-bond donors (Lipinski definition) is 0. The molecule has 0 aliphatic carbocycles. The van der Waals surface area contributed by atoms with Crippen LogP contribution < -0.4 is 0 Å². The van der Waals surface area contributed by atoms with Crippen LogP contribution in [0.5, 0.6) is 0 Å². The summed E-state index contributed by atoms with van der Waals surface area (Å²) in [6.45, 7) is 8.69. The van der Waals surface area contributed by atoms with Crippen LogP contribution in [-0.2, 0) is 4.94 Å². The molecule has 1 saturated heterocycles. The fraction of sp³-hybridized carbons (Fsp3) is 1.00. The Bertz CT molecular complexity index is 122. The molecule has 1 fully saturated rings. The SMILES string of the molecule is CCCCN1CCN(CCOF)CC1. The molecule has 0 atom stereocenters. The Morgan fingerprint density at radius 2 is 1.64 bits per heavy atom. The van der Waals surface area contributed by atoms with Crippen molar-refractivity contribution in [1.82, 2.24) is 9.80 Å². The standard InChI is InChI=1S/C10H21FN2O/c1-2-3-4-12-5-7-13(8-6-12)9-10-14-11/h2-10H2,1H3. The second kappa shape index (κ2) is 7.15. The van der Waals surface area contributed by atoms with E-state index in [1.54, 1.807) is 0 Å². The summed E-state index contributed by atoms with van der Waals surface area (Å²) in [6, 6.07) is 0. The van der Waals surface area contributed by atoms with E-state index in [1.165, 1.54) is 19.4 Å². The predicted molar refractivity (Wildman–Crippen MR) is 54.8 cm³/mol. The second-order valence-electron chi connectivity index (χ2n) is 3.85. The monoisotopic (exact) mass is 204 g/mol. The zero-order valence-electron chi connectivity index (χ0n) is 9.04. The van der Waals surface area contributed by atoms with Crippen LogP contribution in [0.1, 0.15) is 19.8 Å². The Balaban J connectivity index is 2.05. The van der Waals surface area contributed by atoms with Gasteiger partial charge in [0.2, 0.25) is 0 Å². The highest BCUT2D eigenvalue weighted by Gasteiger charge is 2.15. The molecule has 0 radical (unpaired) electrons. The number of hydrogen-bond acceptors (Lipinski definition) is 3. The van der Waals surface area contributed by atoms with E-state index in [-0.39, 0.29) is 6.61 Å². The van der Waals surface area contributed by atoms with Gasteiger partial charge in [0.25, 0.3) is 0 Å². The average Bonchev–Trinajstić information content (AvgIpc) is 2.25. The van der Waals surface area contributed by atoms with Crippen LogP contribution in [0.3, 0.4) is 0 Å². The van der Waals surface area contributed by atoms with Crippen molar-refractivity contribution in [2.75, 3.05) is 45.9 Å². The zero-order valence-corrected chi connectivity index (χ0v) is 9.04. The van der Waals surface area contributed by atoms with Crippen LogP contribution in [0.25, 0.3) is 0 Å². The zero-order chi connectivity index (χ0) is 10.2. The van der Waals surface area contributed by atoms with E-state index in [4.69, 9.17) is 0 Å². The van der Waals surface area contributed by atoms with E-state index in [1.807, 2.05) is 0 Å².